The van der Waals surface area contributed by atoms with Crippen molar-refractivity contribution in [1.82, 2.24) is 9.88 Å². The number of piperazine rings is 1. The average molecular weight is 498 g/mol. The predicted molar refractivity (Wildman–Crippen MR) is 161 cm³/mol. The summed E-state index contributed by atoms with van der Waals surface area (Å²) in [4.78, 5) is 14.0. The van der Waals surface area contributed by atoms with E-state index in [1.165, 1.54) is 16.7 Å². The fraction of sp³-hybridized carbons (Fsp3) is 0.375. The molecule has 37 heavy (non-hydrogen) atoms. The van der Waals surface area contributed by atoms with Crippen molar-refractivity contribution in [3.05, 3.63) is 95.5 Å². The monoisotopic (exact) mass is 497 g/mol. The number of hydrogen-bond donors (Lipinski definition) is 1. The Labute approximate surface area is 224 Å². The van der Waals surface area contributed by atoms with Gasteiger partial charge in [0.25, 0.3) is 0 Å². The van der Waals surface area contributed by atoms with Gasteiger partial charge in [-0.1, -0.05) is 63.8 Å². The number of benzene rings is 1. The summed E-state index contributed by atoms with van der Waals surface area (Å²) in [6, 6.07) is 12.8. The van der Waals surface area contributed by atoms with Crippen LogP contribution in [0.2, 0.25) is 0 Å². The van der Waals surface area contributed by atoms with Crippen LogP contribution >= 0.6 is 0 Å². The van der Waals surface area contributed by atoms with Crippen LogP contribution in [-0.4, -0.2) is 42.3 Å². The molecule has 2 aliphatic rings. The number of hydrogen-bond acceptors (Lipinski definition) is 5. The van der Waals surface area contributed by atoms with Crippen LogP contribution in [0.4, 0.5) is 11.5 Å². The Morgan fingerprint density at radius 3 is 2.30 bits per heavy atom. The average Bonchev–Trinajstić information content (AvgIpc) is 3.11. The van der Waals surface area contributed by atoms with E-state index in [0.29, 0.717) is 0 Å². The number of nitrogens with one attached hydrogen (secondary N) is 1. The van der Waals surface area contributed by atoms with Gasteiger partial charge in [-0.05, 0) is 49.6 Å². The maximum atomic E-state index is 4.69. The molecule has 1 saturated heterocycles. The number of aromatic nitrogens is 1. The first kappa shape index (κ1) is 28.0. The summed E-state index contributed by atoms with van der Waals surface area (Å²) in [5, 5.41) is 3.36. The van der Waals surface area contributed by atoms with E-state index in [2.05, 4.69) is 95.4 Å². The minimum absolute atomic E-state index is 0.744. The minimum Gasteiger partial charge on any atom is -0.372 e. The maximum Gasteiger partial charge on any atom is 0.130 e. The van der Waals surface area contributed by atoms with E-state index in [0.717, 1.165) is 79.6 Å². The molecule has 0 bridgehead atoms. The molecule has 0 unspecified atom stereocenters. The molecule has 0 saturated carbocycles. The number of nitrogens with zero attached hydrogens (tertiary/aromatic N) is 4. The molecule has 2 aliphatic heterocycles. The van der Waals surface area contributed by atoms with Crippen molar-refractivity contribution >= 4 is 23.4 Å². The van der Waals surface area contributed by atoms with Crippen LogP contribution in [0.1, 0.15) is 58.6 Å². The van der Waals surface area contributed by atoms with Crippen LogP contribution in [0, 0.1) is 0 Å². The van der Waals surface area contributed by atoms with Crippen LogP contribution in [0.3, 0.4) is 0 Å². The lowest BCUT2D eigenvalue weighted by molar-refractivity contribution is 0.323. The van der Waals surface area contributed by atoms with E-state index in [4.69, 9.17) is 0 Å². The first-order valence-corrected chi connectivity index (χ1v) is 13.5. The van der Waals surface area contributed by atoms with Gasteiger partial charge in [-0.25, -0.2) is 4.98 Å². The second kappa shape index (κ2) is 13.6. The molecule has 196 valence electrons. The number of aliphatic imine (C=N–C) groups is 1. The van der Waals surface area contributed by atoms with Crippen molar-refractivity contribution in [3.63, 3.8) is 0 Å². The Bertz CT molecular complexity index is 1140. The number of pyridine rings is 1. The van der Waals surface area contributed by atoms with Gasteiger partial charge < -0.3 is 15.1 Å². The molecule has 5 heteroatoms. The third-order valence-corrected chi connectivity index (χ3v) is 6.81. The Morgan fingerprint density at radius 2 is 1.70 bits per heavy atom. The van der Waals surface area contributed by atoms with Gasteiger partial charge in [-0.2, -0.15) is 0 Å². The molecule has 3 heterocycles. The van der Waals surface area contributed by atoms with Crippen molar-refractivity contribution in [1.29, 1.82) is 0 Å². The van der Waals surface area contributed by atoms with E-state index in [1.54, 1.807) is 0 Å². The molecule has 1 fully saturated rings. The summed E-state index contributed by atoms with van der Waals surface area (Å²) in [5.74, 6) is 0.822. The molecule has 1 aromatic carbocycles. The summed E-state index contributed by atoms with van der Waals surface area (Å²) >= 11 is 0. The zero-order chi connectivity index (χ0) is 26.8. The summed E-state index contributed by atoms with van der Waals surface area (Å²) in [6.07, 6.45) is 8.93. The largest absolute Gasteiger partial charge is 0.372 e. The number of allylic oxidation sites excluding steroid dienone is 5. The highest BCUT2D eigenvalue weighted by Gasteiger charge is 2.17. The Morgan fingerprint density at radius 1 is 1.00 bits per heavy atom. The van der Waals surface area contributed by atoms with E-state index in [1.807, 2.05) is 32.3 Å². The predicted octanol–water partition coefficient (Wildman–Crippen LogP) is 7.47. The van der Waals surface area contributed by atoms with E-state index >= 15 is 0 Å². The number of rotatable bonds is 8. The van der Waals surface area contributed by atoms with Gasteiger partial charge in [0.2, 0.25) is 0 Å². The van der Waals surface area contributed by atoms with Crippen molar-refractivity contribution in [2.45, 2.75) is 53.9 Å². The third kappa shape index (κ3) is 7.69. The van der Waals surface area contributed by atoms with Gasteiger partial charge >= 0.3 is 0 Å². The molecular formula is C32H43N5. The molecule has 0 amide bonds. The third-order valence-electron chi connectivity index (χ3n) is 6.81. The van der Waals surface area contributed by atoms with Crippen molar-refractivity contribution in [2.24, 2.45) is 4.99 Å². The highest BCUT2D eigenvalue weighted by atomic mass is 15.3. The Kier molecular flexibility index (Phi) is 10.3. The van der Waals surface area contributed by atoms with Gasteiger partial charge in [-0.3, -0.25) is 4.99 Å². The van der Waals surface area contributed by atoms with Gasteiger partial charge in [-0.15, -0.1) is 0 Å². The van der Waals surface area contributed by atoms with Crippen LogP contribution in [-0.2, 0) is 6.42 Å². The van der Waals surface area contributed by atoms with E-state index in [9.17, 15) is 0 Å². The van der Waals surface area contributed by atoms with E-state index in [-0.39, 0.29) is 0 Å². The second-order valence-electron chi connectivity index (χ2n) is 9.40. The Hall–Kier alpha value is -3.60. The zero-order valence-electron chi connectivity index (χ0n) is 23.3. The van der Waals surface area contributed by atoms with Crippen LogP contribution in [0.25, 0.3) is 5.70 Å². The fourth-order valence-corrected chi connectivity index (χ4v) is 4.60. The molecule has 1 N–H and O–H groups in total. The highest BCUT2D eigenvalue weighted by molar-refractivity contribution is 5.78. The maximum absolute atomic E-state index is 4.69. The van der Waals surface area contributed by atoms with Gasteiger partial charge in [0.15, 0.2) is 0 Å². The zero-order valence-corrected chi connectivity index (χ0v) is 23.3. The molecule has 0 spiro atoms. The normalized spacial score (nSPS) is 15.4. The molecule has 5 nitrogen and oxygen atoms in total. The second-order valence-corrected chi connectivity index (χ2v) is 9.40. The Balaban J connectivity index is 0.00000186. The first-order chi connectivity index (χ1) is 17.9. The van der Waals surface area contributed by atoms with Crippen LogP contribution in [0.5, 0.6) is 0 Å². The molecular weight excluding hydrogens is 454 g/mol. The lowest BCUT2D eigenvalue weighted by Crippen LogP contribution is -2.45. The molecule has 0 aliphatic carbocycles. The standard InChI is InChI=1S/C30H37N5.C2H6/c1-6-26-13-14-31-29(19-23(26)4)27-9-7-25(8-10-27)20-24(5)33-30-12-11-28(21-32-30)35-17-15-34(16-18-35)22(2)3;1-2/h7-12,14,19,21H,2,5-6,13,15-18,20H2,1,3-4H3,(H,32,33);1-2H3. The van der Waals surface area contributed by atoms with E-state index < -0.39 is 0 Å². The summed E-state index contributed by atoms with van der Waals surface area (Å²) in [6.45, 7) is 22.7. The topological polar surface area (TPSA) is 43.8 Å². The van der Waals surface area contributed by atoms with Crippen molar-refractivity contribution in [2.75, 3.05) is 36.4 Å². The fourth-order valence-electron chi connectivity index (χ4n) is 4.60. The molecule has 1 aromatic heterocycles. The van der Waals surface area contributed by atoms with Gasteiger partial charge in [0, 0.05) is 62.2 Å². The van der Waals surface area contributed by atoms with Crippen LogP contribution in [0.15, 0.2) is 89.4 Å². The van der Waals surface area contributed by atoms with Crippen molar-refractivity contribution in [3.8, 4) is 0 Å². The molecule has 4 rings (SSSR count). The minimum atomic E-state index is 0.744. The first-order valence-electron chi connectivity index (χ1n) is 13.5. The number of anilines is 2. The van der Waals surface area contributed by atoms with Crippen LogP contribution < -0.4 is 10.2 Å². The SMILES string of the molecule is C=C(Cc1ccc(C2=CC(C)=C(CC)CC=N2)cc1)Nc1ccc(N2CCN(C(=C)C)CC2)cn1.CC. The molecule has 0 radical (unpaired) electrons. The lowest BCUT2D eigenvalue weighted by Gasteiger charge is -2.37. The smallest absolute Gasteiger partial charge is 0.130 e. The summed E-state index contributed by atoms with van der Waals surface area (Å²) in [7, 11) is 0. The molecule has 0 atom stereocenters. The summed E-state index contributed by atoms with van der Waals surface area (Å²) < 4.78 is 0. The quantitative estimate of drug-likeness (QED) is 0.411. The molecule has 2 aromatic rings. The van der Waals surface area contributed by atoms with Gasteiger partial charge in [0.1, 0.15) is 5.82 Å². The van der Waals surface area contributed by atoms with Crippen molar-refractivity contribution < 1.29 is 0 Å². The summed E-state index contributed by atoms with van der Waals surface area (Å²) in [5.41, 5.74) is 9.38. The van der Waals surface area contributed by atoms with Gasteiger partial charge in [0.05, 0.1) is 17.6 Å². The lowest BCUT2D eigenvalue weighted by atomic mass is 10.0. The highest BCUT2D eigenvalue weighted by Crippen LogP contribution is 2.25.